The van der Waals surface area contributed by atoms with E-state index in [4.69, 9.17) is 9.84 Å². The Kier molecular flexibility index (Phi) is 23.5. The number of hydrogen-bond acceptors (Lipinski definition) is 14. The summed E-state index contributed by atoms with van der Waals surface area (Å²) in [5.41, 5.74) is 1.52. The van der Waals surface area contributed by atoms with E-state index in [1.54, 1.807) is 91.9 Å². The molecule has 3 aliphatic heterocycles. The molecule has 0 saturated carbocycles. The summed E-state index contributed by atoms with van der Waals surface area (Å²) in [6, 6.07) is 24.6. The van der Waals surface area contributed by atoms with Crippen LogP contribution >= 0.6 is 0 Å². The number of anilines is 4. The van der Waals surface area contributed by atoms with E-state index in [0.29, 0.717) is 11.3 Å². The number of hydrogen-bond donors (Lipinski definition) is 7. The zero-order valence-electron chi connectivity index (χ0n) is 39.7. The Morgan fingerprint density at radius 1 is 0.622 bits per heavy atom. The SMILES string of the molecule is C[C@@H]1OC(=O)C[C@@H]1NC(=O)CN1C(=O)[C@@H](NC(=O)c2ccccc2)CN(C(=O)CO)c2ccccc21.O=C[C@H](CC(=O)O)NC(=O)CN1C(=O)[C@@H](NC(=O)c2ccccc2)CN(C(=O)CO)c2ccccc21.[Ac].[Ac]. The number of esters is 1. The second kappa shape index (κ2) is 28.6. The molecule has 1 saturated heterocycles. The van der Waals surface area contributed by atoms with Crippen molar-refractivity contribution in [2.45, 2.75) is 50.0 Å². The van der Waals surface area contributed by atoms with E-state index in [0.717, 1.165) is 9.80 Å². The minimum absolute atomic E-state index is 0. The Hall–Kier alpha value is -5.95. The number of aldehydes is 1. The molecule has 3 heterocycles. The predicted octanol–water partition coefficient (Wildman–Crippen LogP) is -0.707. The molecule has 7 N–H and O–H groups in total. The van der Waals surface area contributed by atoms with Crippen molar-refractivity contribution in [2.75, 3.05) is 59.0 Å². The zero-order chi connectivity index (χ0) is 52.1. The number of amides is 8. The van der Waals surface area contributed by atoms with Gasteiger partial charge in [0.05, 0.1) is 60.8 Å². The summed E-state index contributed by atoms with van der Waals surface area (Å²) in [6.07, 6.45) is -0.862. The minimum Gasteiger partial charge on any atom is -0.481 e. The predicted molar refractivity (Wildman–Crippen MR) is 254 cm³/mol. The summed E-state index contributed by atoms with van der Waals surface area (Å²) >= 11 is 0. The standard InChI is InChI=1S/C25H26N4O7.C24H24N4O8.2Ac/c1-15-17(11-23(33)36-15)26-21(31)13-29-20-10-6-5-9-19(20)28(22(32)14-30)12-18(25(29)35)27-24(34)16-7-3-2-4-8-16;29-13-16(10-22(33)34)25-20(31)12-28-19-9-5-4-8-18(19)27(21(32)14-30)11-17(24(28)36)26-23(35)15-6-2-1-3-7-15;;/h2-10,15,17-18,30H,11-14H2,1H3,(H,26,31)(H,27,34);1-9,13,16-17,30H,10-12,14H2,(H,25,31)(H,26,35)(H,33,34);;/t15-,17-,18-;16-,17-;;/m00../s1. The van der Waals surface area contributed by atoms with E-state index in [-0.39, 0.29) is 137 Å². The van der Waals surface area contributed by atoms with E-state index in [1.807, 2.05) is 0 Å². The number of nitrogens with one attached hydrogen (secondary N) is 4. The minimum atomic E-state index is -1.31. The number of carboxylic acid groups (broad SMARTS) is 1. The van der Waals surface area contributed by atoms with Crippen molar-refractivity contribution in [3.63, 3.8) is 0 Å². The van der Waals surface area contributed by atoms with Crippen LogP contribution in [0.1, 0.15) is 40.5 Å². The van der Waals surface area contributed by atoms with Crippen molar-refractivity contribution in [2.24, 2.45) is 0 Å². The van der Waals surface area contributed by atoms with Gasteiger partial charge in [0.25, 0.3) is 35.4 Å². The monoisotopic (exact) mass is 1440 g/mol. The number of aliphatic carboxylic acids is 1. The average Bonchev–Trinajstić information content (AvgIpc) is 3.59. The van der Waals surface area contributed by atoms with Crippen molar-refractivity contribution in [1.82, 2.24) is 21.3 Å². The number of rotatable bonds is 15. The molecule has 7 rings (SSSR count). The summed E-state index contributed by atoms with van der Waals surface area (Å²) < 4.78 is 5.07. The number of carbonyl (C=O) groups is 11. The number of ether oxygens (including phenoxy) is 1. The topological polar surface area (TPSA) is 319 Å². The van der Waals surface area contributed by atoms with Gasteiger partial charge in [0.2, 0.25) is 11.8 Å². The fourth-order valence-electron chi connectivity index (χ4n) is 7.98. The molecule has 74 heavy (non-hydrogen) atoms. The molecular formula is C49H50Ac2N8O15. The molecule has 0 aromatic heterocycles. The molecule has 1 fully saturated rings. The Morgan fingerprint density at radius 3 is 1.41 bits per heavy atom. The van der Waals surface area contributed by atoms with Crippen LogP contribution in [0.15, 0.2) is 109 Å². The van der Waals surface area contributed by atoms with Crippen LogP contribution in [0, 0.1) is 88.1 Å². The molecule has 0 aliphatic carbocycles. The number of aliphatic hydroxyl groups is 2. The van der Waals surface area contributed by atoms with Crippen LogP contribution in [0.5, 0.6) is 0 Å². The molecule has 0 unspecified atom stereocenters. The summed E-state index contributed by atoms with van der Waals surface area (Å²) in [5.74, 6) is -6.96. The van der Waals surface area contributed by atoms with Crippen molar-refractivity contribution in [3.05, 3.63) is 120 Å². The van der Waals surface area contributed by atoms with Gasteiger partial charge in [-0.15, -0.1) is 0 Å². The molecule has 2 radical (unpaired) electrons. The van der Waals surface area contributed by atoms with Crippen molar-refractivity contribution in [3.8, 4) is 0 Å². The molecule has 4 aromatic rings. The van der Waals surface area contributed by atoms with E-state index < -0.39 is 122 Å². The number of aliphatic hydroxyl groups excluding tert-OH is 2. The van der Waals surface area contributed by atoms with Crippen LogP contribution in [0.25, 0.3) is 0 Å². The van der Waals surface area contributed by atoms with Crippen molar-refractivity contribution >= 4 is 88.2 Å². The van der Waals surface area contributed by atoms with E-state index in [1.165, 1.54) is 34.1 Å². The summed E-state index contributed by atoms with van der Waals surface area (Å²) in [4.78, 5) is 142. The van der Waals surface area contributed by atoms with Crippen LogP contribution in [0.3, 0.4) is 0 Å². The third-order valence-corrected chi connectivity index (χ3v) is 11.5. The van der Waals surface area contributed by atoms with E-state index >= 15 is 0 Å². The van der Waals surface area contributed by atoms with Crippen LogP contribution < -0.4 is 40.9 Å². The smallest absolute Gasteiger partial charge is 0.308 e. The molecule has 8 amide bonds. The molecule has 382 valence electrons. The molecule has 0 spiro atoms. The van der Waals surface area contributed by atoms with E-state index in [9.17, 15) is 63.0 Å². The van der Waals surface area contributed by atoms with Gasteiger partial charge in [-0.2, -0.15) is 0 Å². The van der Waals surface area contributed by atoms with E-state index in [2.05, 4.69) is 21.3 Å². The van der Waals surface area contributed by atoms with Crippen LogP contribution in [-0.2, 0) is 47.9 Å². The Morgan fingerprint density at radius 2 is 1.03 bits per heavy atom. The normalized spacial score (nSPS) is 18.1. The molecule has 5 atom stereocenters. The first kappa shape index (κ1) is 60.6. The van der Waals surface area contributed by atoms with Gasteiger partial charge in [-0.1, -0.05) is 60.7 Å². The number of nitrogens with zero attached hydrogens (tertiary/aromatic N) is 4. The van der Waals surface area contributed by atoms with Gasteiger partial charge < -0.3 is 55.9 Å². The average molecular weight is 1440 g/mol. The fraction of sp³-hybridized carbons (Fsp3) is 0.286. The maximum atomic E-state index is 13.7. The van der Waals surface area contributed by atoms with Gasteiger partial charge in [0.1, 0.15) is 50.8 Å². The molecule has 0 bridgehead atoms. The quantitative estimate of drug-likeness (QED) is 0.0572. The summed E-state index contributed by atoms with van der Waals surface area (Å²) in [5, 5.41) is 38.2. The first-order valence-electron chi connectivity index (χ1n) is 22.3. The summed E-state index contributed by atoms with van der Waals surface area (Å²) in [7, 11) is 0. The summed E-state index contributed by atoms with van der Waals surface area (Å²) in [6.45, 7) is -1.62. The van der Waals surface area contributed by atoms with Crippen LogP contribution in [-0.4, -0.2) is 150 Å². The molecule has 3 aliphatic rings. The third kappa shape index (κ3) is 15.6. The number of benzene rings is 4. The Bertz CT molecular complexity index is 2740. The first-order valence-corrected chi connectivity index (χ1v) is 22.3. The fourth-order valence-corrected chi connectivity index (χ4v) is 7.98. The number of carboxylic acids is 1. The number of para-hydroxylation sites is 4. The van der Waals surface area contributed by atoms with Gasteiger partial charge in [-0.05, 0) is 55.5 Å². The van der Waals surface area contributed by atoms with Gasteiger partial charge in [0.15, 0.2) is 0 Å². The maximum Gasteiger partial charge on any atom is 0.308 e. The second-order valence-corrected chi connectivity index (χ2v) is 16.4. The number of fused-ring (bicyclic) bond motifs is 2. The molecule has 23 nitrogen and oxygen atoms in total. The van der Waals surface area contributed by atoms with Crippen molar-refractivity contribution < 1.29 is 161 Å². The van der Waals surface area contributed by atoms with Crippen molar-refractivity contribution in [1.29, 1.82) is 0 Å². The zero-order valence-corrected chi connectivity index (χ0v) is 49.2. The van der Waals surface area contributed by atoms with Gasteiger partial charge in [-0.25, -0.2) is 0 Å². The van der Waals surface area contributed by atoms with Crippen LogP contribution in [0.2, 0.25) is 0 Å². The van der Waals surface area contributed by atoms with Gasteiger partial charge in [0, 0.05) is 99.3 Å². The Balaban J connectivity index is 0.000000312. The van der Waals surface area contributed by atoms with Crippen LogP contribution in [0.4, 0.5) is 22.7 Å². The molecular weight excluding hydrogens is 1390 g/mol. The number of cyclic esters (lactones) is 1. The van der Waals surface area contributed by atoms with Gasteiger partial charge in [-0.3, -0.25) is 57.7 Å². The molecule has 4 aromatic carbocycles. The largest absolute Gasteiger partial charge is 0.481 e. The van der Waals surface area contributed by atoms with Gasteiger partial charge >= 0.3 is 11.9 Å². The first-order chi connectivity index (χ1) is 34.5. The Labute approximate surface area is 494 Å². The maximum absolute atomic E-state index is 13.7. The molecule has 25 heteroatoms. The number of carbonyl (C=O) groups excluding carboxylic acids is 10. The second-order valence-electron chi connectivity index (χ2n) is 16.4. The third-order valence-electron chi connectivity index (χ3n) is 11.5.